The monoisotopic (exact) mass is 1200 g/mol. The van der Waals surface area contributed by atoms with Crippen molar-refractivity contribution in [3.63, 3.8) is 0 Å². The number of aromatic nitrogens is 8. The summed E-state index contributed by atoms with van der Waals surface area (Å²) in [5.74, 6) is 1.44. The van der Waals surface area contributed by atoms with Crippen molar-refractivity contribution in [1.82, 2.24) is 46.6 Å². The molecule has 2 aromatic heterocycles. The molecule has 0 amide bonds. The molecule has 2 heterocycles. The van der Waals surface area contributed by atoms with Gasteiger partial charge in [0.25, 0.3) is 0 Å². The summed E-state index contributed by atoms with van der Waals surface area (Å²) in [6.07, 6.45) is 2.28. The number of aldehydes is 1. The maximum Gasteiger partial charge on any atom is 0.175 e. The van der Waals surface area contributed by atoms with Gasteiger partial charge in [0.2, 0.25) is 0 Å². The fraction of sp³-hybridized carbons (Fsp3) is 0.727. The Morgan fingerprint density at radius 3 is 1.90 bits per heavy atom. The van der Waals surface area contributed by atoms with Crippen molar-refractivity contribution in [3.8, 4) is 0 Å². The zero-order valence-corrected chi connectivity index (χ0v) is 30.0. The zero-order valence-electron chi connectivity index (χ0n) is 14.9. The number of nitrogens with zero attached hydrogens (tertiary/aromatic N) is 6. The molecule has 0 aliphatic heterocycles. The topological polar surface area (TPSA) is 164 Å². The summed E-state index contributed by atoms with van der Waals surface area (Å²) in [6, 6.07) is 0. The molecule has 2 aromatic rings. The molecule has 2 rings (SSSR count). The number of hydrogen-bond donors (Lipinski definition) is 4. The van der Waals surface area contributed by atoms with Crippen molar-refractivity contribution >= 4 is 96.5 Å². The van der Waals surface area contributed by atoms with E-state index in [0.717, 1.165) is 31.6 Å². The van der Waals surface area contributed by atoms with Crippen molar-refractivity contribution in [1.29, 1.82) is 0 Å². The second kappa shape index (κ2) is 28.9. The molecule has 0 aliphatic rings. The van der Waals surface area contributed by atoms with E-state index >= 15 is 0 Å². The summed E-state index contributed by atoms with van der Waals surface area (Å²) in [5.41, 5.74) is 5.20. The third-order valence-corrected chi connectivity index (χ3v) is 250. The van der Waals surface area contributed by atoms with Crippen molar-refractivity contribution in [2.45, 2.75) is 34.1 Å². The van der Waals surface area contributed by atoms with E-state index in [9.17, 15) is 0 Å². The van der Waals surface area contributed by atoms with Crippen LogP contribution in [-0.2, 0) is 17.6 Å². The van der Waals surface area contributed by atoms with Crippen LogP contribution in [0.3, 0.4) is 0 Å². The third kappa shape index (κ3) is 27.0. The Kier molecular flexibility index (Phi) is 36.2. The van der Waals surface area contributed by atoms with Crippen molar-refractivity contribution in [3.05, 3.63) is 11.6 Å². The molecule has 29 heavy (non-hydrogen) atoms. The van der Waals surface area contributed by atoms with Gasteiger partial charge in [-0.3, -0.25) is 0 Å². The Balaban J connectivity index is -0.000000327. The maximum atomic E-state index is 8.81. The minimum atomic E-state index is -0.285. The molecule has 0 saturated carbocycles. The minimum Gasteiger partial charge on any atom is -0.330 e. The van der Waals surface area contributed by atoms with Crippen LogP contribution in [0.2, 0.25) is 0 Å². The molecule has 5 N–H and O–H groups in total. The first-order valence-electron chi connectivity index (χ1n) is 7.39. The first-order chi connectivity index (χ1) is 13.5. The van der Waals surface area contributed by atoms with Gasteiger partial charge in [-0.15, -0.1) is 20.4 Å². The average molecular weight is 1200 g/mol. The second-order valence-corrected chi connectivity index (χ2v) is 118. The largest absolute Gasteiger partial charge is 0.330 e. The molecule has 0 bridgehead atoms. The second-order valence-electron chi connectivity index (χ2n) is 3.91. The number of carbonyl (C=O) groups is 1. The first-order valence-corrected chi connectivity index (χ1v) is 45.1. The van der Waals surface area contributed by atoms with Gasteiger partial charge in [0.15, 0.2) is 11.6 Å². The van der Waals surface area contributed by atoms with Crippen LogP contribution >= 0.6 is 90.3 Å². The van der Waals surface area contributed by atoms with Crippen LogP contribution in [0.5, 0.6) is 0 Å². The predicted molar refractivity (Wildman–Crippen MR) is 166 cm³/mol. The Labute approximate surface area is 227 Å². The van der Waals surface area contributed by atoms with E-state index in [1.165, 1.54) is 6.92 Å². The Morgan fingerprint density at radius 1 is 1.14 bits per heavy atom. The molecule has 0 atom stereocenters. The molecule has 0 aliphatic carbocycles. The number of carbonyl (C=O) groups excluding carboxylic acids is 1. The van der Waals surface area contributed by atoms with E-state index in [1.807, 2.05) is 0 Å². The van der Waals surface area contributed by atoms with E-state index < -0.39 is 0 Å². The van der Waals surface area contributed by atoms with Crippen LogP contribution < -0.4 is 24.3 Å². The van der Waals surface area contributed by atoms with E-state index in [0.29, 0.717) is 32.0 Å². The van der Waals surface area contributed by atoms with Crippen molar-refractivity contribution in [2.24, 2.45) is 5.73 Å². The number of halogens is 7. The maximum absolute atomic E-state index is 8.81. The Hall–Kier alpha value is 2.84. The number of H-pyrrole nitrogens is 2. The van der Waals surface area contributed by atoms with Crippen LogP contribution in [-0.4, -0.2) is 67.2 Å². The van der Waals surface area contributed by atoms with Gasteiger partial charge in [0, 0.05) is 19.4 Å². The Bertz CT molecular complexity index is 534. The van der Waals surface area contributed by atoms with Gasteiger partial charge in [0.1, 0.15) is 6.29 Å². The van der Waals surface area contributed by atoms with Crippen LogP contribution in [0.25, 0.3) is 0 Å². The summed E-state index contributed by atoms with van der Waals surface area (Å²) < 4.78 is 0. The molecule has 11 nitrogen and oxygen atoms in total. The van der Waals surface area contributed by atoms with Crippen LogP contribution in [0.1, 0.15) is 32.9 Å². The van der Waals surface area contributed by atoms with Gasteiger partial charge in [-0.2, -0.15) is 10.4 Å². The summed E-state index contributed by atoms with van der Waals surface area (Å²) in [5, 5.41) is 29.6. The van der Waals surface area contributed by atoms with E-state index in [1.54, 1.807) is 0 Å². The number of likely N-dealkylation sites (N-methyl/N-ethyl adjacent to an activating group) is 1. The smallest absolute Gasteiger partial charge is 0.175 e. The van der Waals surface area contributed by atoms with Crippen molar-refractivity contribution < 1.29 is 18.0 Å². The Morgan fingerprint density at radius 2 is 1.62 bits per heavy atom. The van der Waals surface area contributed by atoms with Gasteiger partial charge in [0.05, 0.1) is 0 Å². The molecule has 18 heteroatoms. The van der Waals surface area contributed by atoms with Crippen LogP contribution in [0, 0.1) is 0 Å². The third-order valence-electron chi connectivity index (χ3n) is 2.04. The summed E-state index contributed by atoms with van der Waals surface area (Å²) in [4.78, 5) is 8.81. The number of aromatic amines is 2. The van der Waals surface area contributed by atoms with Gasteiger partial charge >= 0.3 is 104 Å². The summed E-state index contributed by atoms with van der Waals surface area (Å²) in [7, 11) is -0.491. The number of hydrogen-bond acceptors (Lipinski definition) is 9. The first kappa shape index (κ1) is 36.4. The number of nitrogens with two attached hydrogens (primary N) is 1. The molecule has 0 saturated heterocycles. The van der Waals surface area contributed by atoms with E-state index in [2.05, 4.69) is 128 Å². The SMILES string of the molecule is C.CC=O.CCNCCc1nn[nH]n1.I[I-]I(I)I(I)I.NCCc1nn[nH]n1. The number of rotatable bonds is 8. The molecule has 0 radical (unpaired) electrons. The molecule has 0 fully saturated rings. The van der Waals surface area contributed by atoms with E-state index in [-0.39, 0.29) is 23.2 Å². The van der Waals surface area contributed by atoms with Gasteiger partial charge in [-0.1, -0.05) is 24.8 Å². The number of tetrazole rings is 2. The molecule has 0 spiro atoms. The fourth-order valence-electron chi connectivity index (χ4n) is 1.10. The normalized spacial score (nSPS) is 10.0. The fourth-order valence-corrected chi connectivity index (χ4v) is 211. The molecule has 176 valence electrons. The average Bonchev–Trinajstić information content (AvgIpc) is 3.37. The van der Waals surface area contributed by atoms with Gasteiger partial charge in [-0.05, 0) is 20.0 Å². The summed E-state index contributed by atoms with van der Waals surface area (Å²) >= 11 is 11.4. The minimum absolute atomic E-state index is 0. The van der Waals surface area contributed by atoms with Gasteiger partial charge < -0.3 is 15.8 Å². The van der Waals surface area contributed by atoms with Gasteiger partial charge in [-0.25, -0.2) is 0 Å². The number of nitrogens with one attached hydrogen (secondary N) is 3. The standard InChI is InChI=1S/C5H11N5.C3H7N5.C2H4O.CH4.I7/c1-2-6-4-3-5-7-9-10-8-5;4-2-1-3-5-7-8-6-3;1-2-3;;1-5-7(4)6(2)3/h6H,2-4H2,1H3,(H,7,8,9,10);1-2,4H2,(H,5,6,7,8);2H,1H3;1H4;/q;;;;-1. The zero-order chi connectivity index (χ0) is 21.6. The van der Waals surface area contributed by atoms with Crippen molar-refractivity contribution in [2.75, 3.05) is 19.6 Å². The van der Waals surface area contributed by atoms with Crippen LogP contribution in [0.15, 0.2) is 0 Å². The summed E-state index contributed by atoms with van der Waals surface area (Å²) in [6.45, 7) is 5.98. The molecular weight excluding hydrogens is 1180 g/mol. The molecular formula is C11H26I7N10O-. The molecule has 0 unspecified atom stereocenters. The van der Waals surface area contributed by atoms with Crippen LogP contribution in [0.4, 0.5) is 0 Å². The predicted octanol–water partition coefficient (Wildman–Crippen LogP) is 1.21. The van der Waals surface area contributed by atoms with E-state index in [4.69, 9.17) is 10.5 Å². The molecule has 0 aromatic carbocycles. The quantitative estimate of drug-likeness (QED) is 0.173.